The molecule has 0 aliphatic heterocycles. The fraction of sp³-hybridized carbons (Fsp3) is 0.100. The molecule has 2 aromatic heterocycles. The number of H-pyrrole nitrogens is 1. The number of aryl methyl sites for hydroxylation is 2. The van der Waals surface area contributed by atoms with Gasteiger partial charge in [0.15, 0.2) is 0 Å². The van der Waals surface area contributed by atoms with Gasteiger partial charge < -0.3 is 9.55 Å². The van der Waals surface area contributed by atoms with Crippen LogP contribution in [0.25, 0.3) is 27.8 Å². The van der Waals surface area contributed by atoms with Crippen LogP contribution in [-0.4, -0.2) is 14.5 Å². The fourth-order valence-electron chi connectivity index (χ4n) is 3.05. The number of hydrogen-bond donors (Lipinski definition) is 1. The maximum absolute atomic E-state index is 11.5. The van der Waals surface area contributed by atoms with Crippen LogP contribution >= 0.6 is 0 Å². The van der Waals surface area contributed by atoms with Crippen molar-refractivity contribution in [3.05, 3.63) is 82.5 Å². The number of fused-ring (bicyclic) bond motifs is 1. The number of imidazole rings is 1. The van der Waals surface area contributed by atoms with Gasteiger partial charge in [-0.15, -0.1) is 0 Å². The Bertz CT molecular complexity index is 1090. The summed E-state index contributed by atoms with van der Waals surface area (Å²) in [4.78, 5) is 19.1. The van der Waals surface area contributed by atoms with Gasteiger partial charge in [0.05, 0.1) is 11.2 Å². The minimum Gasteiger partial charge on any atom is -0.322 e. The second-order valence-electron chi connectivity index (χ2n) is 5.96. The van der Waals surface area contributed by atoms with E-state index in [0.717, 1.165) is 39.2 Å². The monoisotopic (exact) mass is 315 g/mol. The highest BCUT2D eigenvalue weighted by Gasteiger charge is 2.10. The van der Waals surface area contributed by atoms with Crippen molar-refractivity contribution >= 4 is 10.9 Å². The summed E-state index contributed by atoms with van der Waals surface area (Å²) in [7, 11) is 0. The molecule has 4 aromatic rings. The van der Waals surface area contributed by atoms with E-state index < -0.39 is 0 Å². The van der Waals surface area contributed by atoms with Crippen molar-refractivity contribution in [1.29, 1.82) is 0 Å². The third kappa shape index (κ3) is 2.42. The van der Waals surface area contributed by atoms with Gasteiger partial charge >= 0.3 is 0 Å². The van der Waals surface area contributed by atoms with Gasteiger partial charge in [0.1, 0.15) is 5.82 Å². The number of nitrogens with zero attached hydrogens (tertiary/aromatic N) is 2. The Morgan fingerprint density at radius 3 is 2.58 bits per heavy atom. The molecule has 4 rings (SSSR count). The molecular formula is C20H17N3O. The minimum absolute atomic E-state index is 0.0801. The second-order valence-corrected chi connectivity index (χ2v) is 5.96. The van der Waals surface area contributed by atoms with Crippen LogP contribution < -0.4 is 5.56 Å². The van der Waals surface area contributed by atoms with Gasteiger partial charge in [-0.05, 0) is 37.6 Å². The Morgan fingerprint density at radius 1 is 1.00 bits per heavy atom. The summed E-state index contributed by atoms with van der Waals surface area (Å²) in [5, 5.41) is 1.01. The van der Waals surface area contributed by atoms with E-state index in [1.807, 2.05) is 38.1 Å². The maximum Gasteiger partial charge on any atom is 0.248 e. The normalized spacial score (nSPS) is 11.1. The minimum atomic E-state index is -0.0801. The van der Waals surface area contributed by atoms with Gasteiger partial charge in [-0.3, -0.25) is 4.79 Å². The Morgan fingerprint density at radius 2 is 1.79 bits per heavy atom. The summed E-state index contributed by atoms with van der Waals surface area (Å²) < 4.78 is 2.08. The molecule has 0 amide bonds. The van der Waals surface area contributed by atoms with Crippen molar-refractivity contribution in [1.82, 2.24) is 14.5 Å². The summed E-state index contributed by atoms with van der Waals surface area (Å²) in [5.74, 6) is 0.928. The molecule has 118 valence electrons. The third-order valence-electron chi connectivity index (χ3n) is 4.24. The molecule has 4 nitrogen and oxygen atoms in total. The Kier molecular flexibility index (Phi) is 3.31. The molecule has 0 saturated carbocycles. The van der Waals surface area contributed by atoms with Crippen LogP contribution in [-0.2, 0) is 0 Å². The molecule has 1 N–H and O–H groups in total. The highest BCUT2D eigenvalue weighted by molar-refractivity contribution is 5.84. The predicted molar refractivity (Wildman–Crippen MR) is 96.6 cm³/mol. The molecule has 0 bridgehead atoms. The van der Waals surface area contributed by atoms with E-state index in [2.05, 4.69) is 45.0 Å². The van der Waals surface area contributed by atoms with Crippen LogP contribution in [0.4, 0.5) is 0 Å². The van der Waals surface area contributed by atoms with Gasteiger partial charge in [0, 0.05) is 28.9 Å². The zero-order valence-electron chi connectivity index (χ0n) is 13.6. The molecule has 2 heterocycles. The number of aromatic amines is 1. The van der Waals surface area contributed by atoms with Gasteiger partial charge in [0.2, 0.25) is 5.56 Å². The van der Waals surface area contributed by atoms with Crippen LogP contribution in [0.3, 0.4) is 0 Å². The second kappa shape index (κ2) is 5.49. The molecule has 0 aliphatic carbocycles. The summed E-state index contributed by atoms with van der Waals surface area (Å²) in [5.41, 5.74) is 4.93. The van der Waals surface area contributed by atoms with Crippen molar-refractivity contribution in [2.24, 2.45) is 0 Å². The lowest BCUT2D eigenvalue weighted by molar-refractivity contribution is 0.975. The highest BCUT2D eigenvalue weighted by Crippen LogP contribution is 2.24. The van der Waals surface area contributed by atoms with Gasteiger partial charge in [-0.2, -0.15) is 0 Å². The summed E-state index contributed by atoms with van der Waals surface area (Å²) >= 11 is 0. The molecule has 24 heavy (non-hydrogen) atoms. The first kappa shape index (κ1) is 14.5. The molecule has 0 atom stereocenters. The Balaban J connectivity index is 1.88. The molecule has 0 aliphatic rings. The Labute approximate surface area is 139 Å². The van der Waals surface area contributed by atoms with Crippen molar-refractivity contribution in [2.45, 2.75) is 13.8 Å². The molecule has 2 aromatic carbocycles. The van der Waals surface area contributed by atoms with E-state index in [-0.39, 0.29) is 5.56 Å². The maximum atomic E-state index is 11.5. The van der Waals surface area contributed by atoms with Gasteiger partial charge in [-0.1, -0.05) is 30.3 Å². The number of pyridine rings is 1. The van der Waals surface area contributed by atoms with Crippen molar-refractivity contribution in [3.63, 3.8) is 0 Å². The molecule has 0 radical (unpaired) electrons. The first-order valence-electron chi connectivity index (χ1n) is 7.87. The van der Waals surface area contributed by atoms with Gasteiger partial charge in [-0.25, -0.2) is 4.98 Å². The molecule has 0 saturated heterocycles. The lowest BCUT2D eigenvalue weighted by Crippen LogP contribution is -2.04. The van der Waals surface area contributed by atoms with Crippen LogP contribution in [0.5, 0.6) is 0 Å². The molecule has 4 heteroatoms. The first-order chi connectivity index (χ1) is 11.6. The lowest BCUT2D eigenvalue weighted by Gasteiger charge is -2.09. The summed E-state index contributed by atoms with van der Waals surface area (Å²) in [6, 6.07) is 17.7. The number of nitrogens with one attached hydrogen (secondary N) is 1. The zero-order valence-corrected chi connectivity index (χ0v) is 13.6. The Hall–Kier alpha value is -3.14. The van der Waals surface area contributed by atoms with E-state index in [1.54, 1.807) is 6.07 Å². The highest BCUT2D eigenvalue weighted by atomic mass is 16.1. The third-order valence-corrected chi connectivity index (χ3v) is 4.24. The quantitative estimate of drug-likeness (QED) is 0.608. The predicted octanol–water partition coefficient (Wildman–Crippen LogP) is 4.00. The smallest absolute Gasteiger partial charge is 0.248 e. The van der Waals surface area contributed by atoms with Crippen LogP contribution in [0.1, 0.15) is 11.4 Å². The lowest BCUT2D eigenvalue weighted by atomic mass is 10.1. The van der Waals surface area contributed by atoms with E-state index >= 15 is 0 Å². The van der Waals surface area contributed by atoms with E-state index in [1.165, 1.54) is 0 Å². The van der Waals surface area contributed by atoms with E-state index in [4.69, 9.17) is 0 Å². The van der Waals surface area contributed by atoms with Gasteiger partial charge in [0.25, 0.3) is 0 Å². The topological polar surface area (TPSA) is 50.7 Å². The largest absolute Gasteiger partial charge is 0.322 e. The summed E-state index contributed by atoms with van der Waals surface area (Å²) in [6.07, 6.45) is 2.05. The molecule has 0 spiro atoms. The average Bonchev–Trinajstić information content (AvgIpc) is 2.98. The van der Waals surface area contributed by atoms with Crippen LogP contribution in [0.15, 0.2) is 65.6 Å². The van der Waals surface area contributed by atoms with E-state index in [0.29, 0.717) is 0 Å². The molecule has 0 unspecified atom stereocenters. The number of aromatic nitrogens is 3. The summed E-state index contributed by atoms with van der Waals surface area (Å²) in [6.45, 7) is 4.00. The molecule has 0 fully saturated rings. The zero-order chi connectivity index (χ0) is 16.7. The van der Waals surface area contributed by atoms with Crippen LogP contribution in [0, 0.1) is 13.8 Å². The number of hydrogen-bond acceptors (Lipinski definition) is 2. The first-order valence-corrected chi connectivity index (χ1v) is 7.87. The van der Waals surface area contributed by atoms with E-state index in [9.17, 15) is 4.79 Å². The van der Waals surface area contributed by atoms with Crippen molar-refractivity contribution in [3.8, 4) is 16.9 Å². The number of benzene rings is 2. The molecular weight excluding hydrogens is 298 g/mol. The standard InChI is InChI=1S/C20H17N3O/c1-13-10-17(11-16-8-9-19(24)22-20(13)16)23-12-18(21-14(23)2)15-6-4-3-5-7-15/h3-12H,1-2H3,(H,22,24). The fourth-order valence-corrected chi connectivity index (χ4v) is 3.05. The number of rotatable bonds is 2. The average molecular weight is 315 g/mol. The van der Waals surface area contributed by atoms with Crippen molar-refractivity contribution in [2.75, 3.05) is 0 Å². The SMILES string of the molecule is Cc1cc(-n2cc(-c3ccccc3)nc2C)cc2ccc(=O)[nH]c12. The van der Waals surface area contributed by atoms with Crippen LogP contribution in [0.2, 0.25) is 0 Å². The van der Waals surface area contributed by atoms with Crippen molar-refractivity contribution < 1.29 is 0 Å².